The first-order chi connectivity index (χ1) is 5.66. The summed E-state index contributed by atoms with van der Waals surface area (Å²) in [5.41, 5.74) is 0. The molecule has 3 nitrogen and oxygen atoms in total. The summed E-state index contributed by atoms with van der Waals surface area (Å²) in [6.07, 6.45) is 2.49. The molecule has 1 atom stereocenters. The monoisotopic (exact) mass is 175 g/mol. The van der Waals surface area contributed by atoms with Gasteiger partial charge < -0.3 is 14.7 Å². The Morgan fingerprint density at radius 3 is 2.50 bits per heavy atom. The minimum Gasteiger partial charge on any atom is -0.393 e. The van der Waals surface area contributed by atoms with Gasteiger partial charge in [-0.05, 0) is 39.9 Å². The summed E-state index contributed by atoms with van der Waals surface area (Å²) in [5, 5.41) is 9.44. The standard InChI is InChI=1S/C9H21NO2/c1-10(2)7-6-9(11)5-4-8-12-3/h9,11H,4-8H2,1-3H3. The van der Waals surface area contributed by atoms with E-state index in [2.05, 4.69) is 4.90 Å². The van der Waals surface area contributed by atoms with Gasteiger partial charge >= 0.3 is 0 Å². The van der Waals surface area contributed by atoms with Gasteiger partial charge in [0.25, 0.3) is 0 Å². The smallest absolute Gasteiger partial charge is 0.0553 e. The highest BCUT2D eigenvalue weighted by atomic mass is 16.5. The quantitative estimate of drug-likeness (QED) is 0.579. The minimum atomic E-state index is -0.164. The van der Waals surface area contributed by atoms with Gasteiger partial charge in [0.2, 0.25) is 0 Å². The molecule has 1 unspecified atom stereocenters. The van der Waals surface area contributed by atoms with E-state index >= 15 is 0 Å². The van der Waals surface area contributed by atoms with Crippen molar-refractivity contribution in [1.82, 2.24) is 4.90 Å². The summed E-state index contributed by atoms with van der Waals surface area (Å²) in [6.45, 7) is 1.70. The van der Waals surface area contributed by atoms with Crippen molar-refractivity contribution in [3.8, 4) is 0 Å². The Kier molecular flexibility index (Phi) is 7.45. The predicted molar refractivity (Wildman–Crippen MR) is 50.3 cm³/mol. The summed E-state index contributed by atoms with van der Waals surface area (Å²) in [6, 6.07) is 0. The van der Waals surface area contributed by atoms with Crippen LogP contribution in [0.4, 0.5) is 0 Å². The number of methoxy groups -OCH3 is 1. The van der Waals surface area contributed by atoms with Crippen molar-refractivity contribution in [3.63, 3.8) is 0 Å². The highest BCUT2D eigenvalue weighted by Crippen LogP contribution is 2.01. The van der Waals surface area contributed by atoms with Crippen LogP contribution in [0.25, 0.3) is 0 Å². The number of hydrogen-bond donors (Lipinski definition) is 1. The van der Waals surface area contributed by atoms with Gasteiger partial charge in [0, 0.05) is 13.7 Å². The Labute approximate surface area is 75.3 Å². The van der Waals surface area contributed by atoms with Crippen molar-refractivity contribution in [2.24, 2.45) is 0 Å². The number of nitrogens with zero attached hydrogens (tertiary/aromatic N) is 1. The van der Waals surface area contributed by atoms with E-state index in [0.29, 0.717) is 0 Å². The Bertz CT molecular complexity index is 96.5. The van der Waals surface area contributed by atoms with E-state index < -0.39 is 0 Å². The van der Waals surface area contributed by atoms with Gasteiger partial charge in [0.05, 0.1) is 6.10 Å². The fourth-order valence-electron chi connectivity index (χ4n) is 1.01. The molecule has 0 rings (SSSR count). The van der Waals surface area contributed by atoms with E-state index in [1.807, 2.05) is 14.1 Å². The molecular formula is C9H21NO2. The van der Waals surface area contributed by atoms with E-state index in [1.54, 1.807) is 7.11 Å². The average Bonchev–Trinajstić information content (AvgIpc) is 2.01. The zero-order valence-electron chi connectivity index (χ0n) is 8.42. The highest BCUT2D eigenvalue weighted by Gasteiger charge is 2.03. The van der Waals surface area contributed by atoms with Crippen LogP contribution < -0.4 is 0 Å². The first-order valence-corrected chi connectivity index (χ1v) is 4.48. The molecule has 0 amide bonds. The van der Waals surface area contributed by atoms with Crippen molar-refractivity contribution < 1.29 is 9.84 Å². The Morgan fingerprint density at radius 2 is 2.00 bits per heavy atom. The van der Waals surface area contributed by atoms with Crippen LogP contribution in [-0.4, -0.2) is 50.5 Å². The zero-order valence-corrected chi connectivity index (χ0v) is 8.42. The second-order valence-electron chi connectivity index (χ2n) is 3.38. The van der Waals surface area contributed by atoms with Crippen LogP contribution in [0.2, 0.25) is 0 Å². The van der Waals surface area contributed by atoms with Crippen LogP contribution in [0.3, 0.4) is 0 Å². The summed E-state index contributed by atoms with van der Waals surface area (Å²) in [7, 11) is 5.72. The van der Waals surface area contributed by atoms with Gasteiger partial charge in [0.1, 0.15) is 0 Å². The second kappa shape index (κ2) is 7.53. The molecule has 0 bridgehead atoms. The zero-order chi connectivity index (χ0) is 9.40. The first kappa shape index (κ1) is 11.9. The first-order valence-electron chi connectivity index (χ1n) is 4.48. The van der Waals surface area contributed by atoms with Crippen LogP contribution in [0, 0.1) is 0 Å². The molecule has 0 spiro atoms. The molecule has 0 aliphatic rings. The fraction of sp³-hybridized carbons (Fsp3) is 1.00. The molecule has 0 radical (unpaired) electrons. The molecule has 1 N–H and O–H groups in total. The van der Waals surface area contributed by atoms with E-state index in [4.69, 9.17) is 4.74 Å². The third-order valence-corrected chi connectivity index (χ3v) is 1.80. The normalized spacial score (nSPS) is 13.8. The van der Waals surface area contributed by atoms with Gasteiger partial charge in [-0.25, -0.2) is 0 Å². The van der Waals surface area contributed by atoms with Gasteiger partial charge in [-0.2, -0.15) is 0 Å². The van der Waals surface area contributed by atoms with Gasteiger partial charge in [0.15, 0.2) is 0 Å². The molecule has 0 heterocycles. The lowest BCUT2D eigenvalue weighted by Crippen LogP contribution is -2.19. The van der Waals surface area contributed by atoms with Crippen molar-refractivity contribution in [2.45, 2.75) is 25.4 Å². The summed E-state index contributed by atoms with van der Waals surface area (Å²) >= 11 is 0. The SMILES string of the molecule is COCCCC(O)CCN(C)C. The number of aliphatic hydroxyl groups is 1. The van der Waals surface area contributed by atoms with Crippen molar-refractivity contribution in [2.75, 3.05) is 34.4 Å². The summed E-state index contributed by atoms with van der Waals surface area (Å²) in [4.78, 5) is 2.08. The number of rotatable bonds is 7. The maximum atomic E-state index is 9.44. The largest absolute Gasteiger partial charge is 0.393 e. The van der Waals surface area contributed by atoms with Gasteiger partial charge in [-0.15, -0.1) is 0 Å². The Balaban J connectivity index is 3.15. The maximum absolute atomic E-state index is 9.44. The second-order valence-corrected chi connectivity index (χ2v) is 3.38. The lowest BCUT2D eigenvalue weighted by Gasteiger charge is -2.13. The number of ether oxygens (including phenoxy) is 1. The van der Waals surface area contributed by atoms with Crippen molar-refractivity contribution >= 4 is 0 Å². The van der Waals surface area contributed by atoms with Crippen molar-refractivity contribution in [3.05, 3.63) is 0 Å². The molecule has 0 saturated heterocycles. The van der Waals surface area contributed by atoms with E-state index in [1.165, 1.54) is 0 Å². The molecule has 0 fully saturated rings. The van der Waals surface area contributed by atoms with Crippen LogP contribution in [-0.2, 0) is 4.74 Å². The molecule has 0 aromatic heterocycles. The predicted octanol–water partition coefficient (Wildman–Crippen LogP) is 0.726. The van der Waals surface area contributed by atoms with Crippen molar-refractivity contribution in [1.29, 1.82) is 0 Å². The molecular weight excluding hydrogens is 154 g/mol. The number of hydrogen-bond acceptors (Lipinski definition) is 3. The third-order valence-electron chi connectivity index (χ3n) is 1.80. The molecule has 0 aliphatic heterocycles. The third kappa shape index (κ3) is 7.98. The number of aliphatic hydroxyl groups excluding tert-OH is 1. The molecule has 0 aromatic rings. The van der Waals surface area contributed by atoms with E-state index in [0.717, 1.165) is 32.4 Å². The average molecular weight is 175 g/mol. The maximum Gasteiger partial charge on any atom is 0.0553 e. The van der Waals surface area contributed by atoms with Crippen LogP contribution in [0.5, 0.6) is 0 Å². The van der Waals surface area contributed by atoms with Crippen LogP contribution in [0.1, 0.15) is 19.3 Å². The molecule has 3 heteroatoms. The summed E-state index contributed by atoms with van der Waals surface area (Å²) in [5.74, 6) is 0. The minimum absolute atomic E-state index is 0.164. The lowest BCUT2D eigenvalue weighted by atomic mass is 10.1. The van der Waals surface area contributed by atoms with Crippen LogP contribution >= 0.6 is 0 Å². The molecule has 12 heavy (non-hydrogen) atoms. The van der Waals surface area contributed by atoms with E-state index in [9.17, 15) is 5.11 Å². The van der Waals surface area contributed by atoms with Gasteiger partial charge in [-0.1, -0.05) is 0 Å². The molecule has 0 aromatic carbocycles. The summed E-state index contributed by atoms with van der Waals surface area (Å²) < 4.78 is 4.90. The lowest BCUT2D eigenvalue weighted by molar-refractivity contribution is 0.121. The Hall–Kier alpha value is -0.120. The molecule has 0 saturated carbocycles. The molecule has 0 aliphatic carbocycles. The Morgan fingerprint density at radius 1 is 1.33 bits per heavy atom. The molecule has 74 valence electrons. The van der Waals surface area contributed by atoms with Crippen LogP contribution in [0.15, 0.2) is 0 Å². The van der Waals surface area contributed by atoms with Gasteiger partial charge in [-0.3, -0.25) is 0 Å². The fourth-order valence-corrected chi connectivity index (χ4v) is 1.01. The highest BCUT2D eigenvalue weighted by molar-refractivity contribution is 4.57. The topological polar surface area (TPSA) is 32.7 Å². The van der Waals surface area contributed by atoms with E-state index in [-0.39, 0.29) is 6.10 Å².